The zero-order valence-corrected chi connectivity index (χ0v) is 14.7. The van der Waals surface area contributed by atoms with Crippen molar-refractivity contribution in [1.29, 1.82) is 0 Å². The summed E-state index contributed by atoms with van der Waals surface area (Å²) in [4.78, 5) is 28.4. The van der Waals surface area contributed by atoms with Crippen LogP contribution in [0.5, 0.6) is 0 Å². The van der Waals surface area contributed by atoms with E-state index in [0.717, 1.165) is 16.8 Å². The Morgan fingerprint density at radius 3 is 2.33 bits per heavy atom. The molecule has 0 saturated carbocycles. The highest BCUT2D eigenvalue weighted by atomic mass is 16.5. The molecule has 1 N–H and O–H groups in total. The number of para-hydroxylation sites is 1. The highest BCUT2D eigenvalue weighted by Gasteiger charge is 2.21. The molecule has 1 atom stereocenters. The van der Waals surface area contributed by atoms with Crippen molar-refractivity contribution < 1.29 is 14.3 Å². The lowest BCUT2D eigenvalue weighted by Crippen LogP contribution is -2.30. The normalized spacial score (nSPS) is 12.1. The SMILES string of the molecule is Cc1cccc(C)c1NC(=O)C(C)OC(=O)c1cn(C(C)C)cn1. The molecule has 0 saturated heterocycles. The molecule has 24 heavy (non-hydrogen) atoms. The number of hydrogen-bond donors (Lipinski definition) is 1. The molecule has 0 aliphatic heterocycles. The van der Waals surface area contributed by atoms with Crippen molar-refractivity contribution in [3.63, 3.8) is 0 Å². The van der Waals surface area contributed by atoms with Gasteiger partial charge in [-0.2, -0.15) is 0 Å². The van der Waals surface area contributed by atoms with Gasteiger partial charge in [0.15, 0.2) is 11.8 Å². The van der Waals surface area contributed by atoms with Crippen LogP contribution in [0.3, 0.4) is 0 Å². The van der Waals surface area contributed by atoms with E-state index in [1.807, 2.05) is 45.9 Å². The third-order valence-corrected chi connectivity index (χ3v) is 3.79. The van der Waals surface area contributed by atoms with Crippen LogP contribution >= 0.6 is 0 Å². The molecule has 1 unspecified atom stereocenters. The summed E-state index contributed by atoms with van der Waals surface area (Å²) in [5.74, 6) is -0.984. The predicted octanol–water partition coefficient (Wildman–Crippen LogP) is 3.26. The second-order valence-electron chi connectivity index (χ2n) is 6.10. The van der Waals surface area contributed by atoms with Gasteiger partial charge in [0, 0.05) is 17.9 Å². The van der Waals surface area contributed by atoms with E-state index in [4.69, 9.17) is 4.74 Å². The molecule has 0 aliphatic rings. The molecule has 6 nitrogen and oxygen atoms in total. The summed E-state index contributed by atoms with van der Waals surface area (Å²) in [5, 5.41) is 2.82. The van der Waals surface area contributed by atoms with Crippen LogP contribution in [0.2, 0.25) is 0 Å². The summed E-state index contributed by atoms with van der Waals surface area (Å²) >= 11 is 0. The number of rotatable bonds is 5. The standard InChI is InChI=1S/C18H23N3O3/c1-11(2)21-9-15(19-10-21)18(23)24-14(5)17(22)20-16-12(3)7-6-8-13(16)4/h6-11,14H,1-5H3,(H,20,22). The van der Waals surface area contributed by atoms with Gasteiger partial charge in [-0.25, -0.2) is 9.78 Å². The number of benzene rings is 1. The number of carbonyl (C=O) groups excluding carboxylic acids is 2. The smallest absolute Gasteiger partial charge is 0.359 e. The van der Waals surface area contributed by atoms with Gasteiger partial charge in [0.2, 0.25) is 0 Å². The molecular formula is C18H23N3O3. The Kier molecular flexibility index (Phi) is 5.39. The molecule has 1 aromatic heterocycles. The van der Waals surface area contributed by atoms with Gasteiger partial charge in [0.1, 0.15) is 0 Å². The molecule has 128 valence electrons. The van der Waals surface area contributed by atoms with E-state index in [2.05, 4.69) is 10.3 Å². The first kappa shape index (κ1) is 17.7. The zero-order chi connectivity index (χ0) is 17.9. The number of carbonyl (C=O) groups is 2. The first-order valence-corrected chi connectivity index (χ1v) is 7.91. The van der Waals surface area contributed by atoms with Crippen LogP contribution in [0.15, 0.2) is 30.7 Å². The quantitative estimate of drug-likeness (QED) is 0.855. The maximum absolute atomic E-state index is 12.3. The minimum absolute atomic E-state index is 0.190. The average Bonchev–Trinajstić information content (AvgIpc) is 3.01. The molecular weight excluding hydrogens is 306 g/mol. The number of imidazole rings is 1. The molecule has 2 rings (SSSR count). The van der Waals surface area contributed by atoms with Gasteiger partial charge in [-0.15, -0.1) is 0 Å². The first-order valence-electron chi connectivity index (χ1n) is 7.91. The second-order valence-corrected chi connectivity index (χ2v) is 6.10. The van der Waals surface area contributed by atoms with Crippen LogP contribution in [-0.2, 0) is 9.53 Å². The van der Waals surface area contributed by atoms with Gasteiger partial charge in [-0.3, -0.25) is 4.79 Å². The summed E-state index contributed by atoms with van der Waals surface area (Å²) in [6.07, 6.45) is 2.27. The number of nitrogens with zero attached hydrogens (tertiary/aromatic N) is 2. The van der Waals surface area contributed by atoms with Gasteiger partial charge in [0.25, 0.3) is 5.91 Å². The molecule has 1 heterocycles. The van der Waals surface area contributed by atoms with Crippen molar-refractivity contribution >= 4 is 17.6 Å². The number of ether oxygens (including phenoxy) is 1. The van der Waals surface area contributed by atoms with Crippen molar-refractivity contribution in [2.24, 2.45) is 0 Å². The monoisotopic (exact) mass is 329 g/mol. The van der Waals surface area contributed by atoms with Gasteiger partial charge in [0.05, 0.1) is 6.33 Å². The van der Waals surface area contributed by atoms with Crippen molar-refractivity contribution in [1.82, 2.24) is 9.55 Å². The predicted molar refractivity (Wildman–Crippen MR) is 92.0 cm³/mol. The maximum atomic E-state index is 12.3. The third-order valence-electron chi connectivity index (χ3n) is 3.79. The summed E-state index contributed by atoms with van der Waals surface area (Å²) in [6.45, 7) is 9.34. The molecule has 0 spiro atoms. The Balaban J connectivity index is 2.01. The summed E-state index contributed by atoms with van der Waals surface area (Å²) < 4.78 is 7.02. The Morgan fingerprint density at radius 1 is 1.17 bits per heavy atom. The van der Waals surface area contributed by atoms with Gasteiger partial charge in [-0.1, -0.05) is 18.2 Å². The number of hydrogen-bond acceptors (Lipinski definition) is 4. The highest BCUT2D eigenvalue weighted by Crippen LogP contribution is 2.20. The van der Waals surface area contributed by atoms with Gasteiger partial charge >= 0.3 is 5.97 Å². The van der Waals surface area contributed by atoms with Crippen molar-refractivity contribution in [3.05, 3.63) is 47.5 Å². The Bertz CT molecular complexity index is 729. The maximum Gasteiger partial charge on any atom is 0.359 e. The molecule has 1 amide bonds. The number of anilines is 1. The van der Waals surface area contributed by atoms with Crippen LogP contribution in [0.4, 0.5) is 5.69 Å². The van der Waals surface area contributed by atoms with Crippen molar-refractivity contribution in [3.8, 4) is 0 Å². The Hall–Kier alpha value is -2.63. The summed E-state index contributed by atoms with van der Waals surface area (Å²) in [5.41, 5.74) is 2.85. The lowest BCUT2D eigenvalue weighted by molar-refractivity contribution is -0.123. The lowest BCUT2D eigenvalue weighted by Gasteiger charge is -2.15. The average molecular weight is 329 g/mol. The minimum atomic E-state index is -0.916. The Morgan fingerprint density at radius 2 is 1.79 bits per heavy atom. The lowest BCUT2D eigenvalue weighted by atomic mass is 10.1. The number of nitrogens with one attached hydrogen (secondary N) is 1. The van der Waals surface area contributed by atoms with E-state index in [1.165, 1.54) is 0 Å². The fraction of sp³-hybridized carbons (Fsp3) is 0.389. The minimum Gasteiger partial charge on any atom is -0.448 e. The molecule has 0 radical (unpaired) electrons. The molecule has 2 aromatic rings. The van der Waals surface area contributed by atoms with Crippen LogP contribution in [0, 0.1) is 13.8 Å². The summed E-state index contributed by atoms with van der Waals surface area (Å²) in [7, 11) is 0. The number of amides is 1. The summed E-state index contributed by atoms with van der Waals surface area (Å²) in [6, 6.07) is 5.95. The van der Waals surface area contributed by atoms with E-state index in [0.29, 0.717) is 0 Å². The topological polar surface area (TPSA) is 73.2 Å². The number of aromatic nitrogens is 2. The van der Waals surface area contributed by atoms with E-state index >= 15 is 0 Å². The van der Waals surface area contributed by atoms with Crippen LogP contribution in [0.25, 0.3) is 0 Å². The van der Waals surface area contributed by atoms with Crippen LogP contribution in [0.1, 0.15) is 48.4 Å². The first-order chi connectivity index (χ1) is 11.3. The van der Waals surface area contributed by atoms with Crippen molar-refractivity contribution in [2.75, 3.05) is 5.32 Å². The highest BCUT2D eigenvalue weighted by molar-refractivity contribution is 5.97. The van der Waals surface area contributed by atoms with E-state index < -0.39 is 12.1 Å². The second kappa shape index (κ2) is 7.29. The number of esters is 1. The van der Waals surface area contributed by atoms with Gasteiger partial charge < -0.3 is 14.6 Å². The number of aryl methyl sites for hydroxylation is 2. The largest absolute Gasteiger partial charge is 0.448 e. The van der Waals surface area contributed by atoms with Gasteiger partial charge in [-0.05, 0) is 45.7 Å². The molecule has 0 bridgehead atoms. The van der Waals surface area contributed by atoms with E-state index in [1.54, 1.807) is 24.0 Å². The molecule has 0 fully saturated rings. The van der Waals surface area contributed by atoms with Crippen LogP contribution < -0.4 is 5.32 Å². The van der Waals surface area contributed by atoms with E-state index in [9.17, 15) is 9.59 Å². The van der Waals surface area contributed by atoms with Crippen molar-refractivity contribution in [2.45, 2.75) is 46.8 Å². The molecule has 6 heteroatoms. The van der Waals surface area contributed by atoms with Crippen LogP contribution in [-0.4, -0.2) is 27.5 Å². The van der Waals surface area contributed by atoms with E-state index in [-0.39, 0.29) is 17.6 Å². The third kappa shape index (κ3) is 4.01. The molecule has 0 aliphatic carbocycles. The fourth-order valence-electron chi connectivity index (χ4n) is 2.24. The molecule has 1 aromatic carbocycles. The Labute approximate surface area is 141 Å². The zero-order valence-electron chi connectivity index (χ0n) is 14.7. The fourth-order valence-corrected chi connectivity index (χ4v) is 2.24.